The van der Waals surface area contributed by atoms with Gasteiger partial charge in [0.05, 0.1) is 19.1 Å². The maximum atomic E-state index is 12.8. The standard InChI is InChI=1S/C18H23N3O2S/c1-13-19-6-8-21(13)15-3-2-7-20(12-15)17(22)11-16-18-14(4-9-23-16)5-10-24-18/h5-6,8,10,15-16H,2-4,7,9,11-12H2,1H3/t15-,16+/m0/s1. The summed E-state index contributed by atoms with van der Waals surface area (Å²) in [6.45, 7) is 4.38. The molecule has 0 N–H and O–H groups in total. The van der Waals surface area contributed by atoms with Crippen molar-refractivity contribution in [3.63, 3.8) is 0 Å². The normalized spacial score (nSPS) is 24.0. The van der Waals surface area contributed by atoms with Crippen LogP contribution in [0.3, 0.4) is 0 Å². The second-order valence-electron chi connectivity index (χ2n) is 6.64. The van der Waals surface area contributed by atoms with Crippen LogP contribution in [0.25, 0.3) is 0 Å². The Morgan fingerprint density at radius 2 is 2.42 bits per heavy atom. The monoisotopic (exact) mass is 345 g/mol. The van der Waals surface area contributed by atoms with E-state index in [4.69, 9.17) is 4.74 Å². The van der Waals surface area contributed by atoms with Crippen LogP contribution in [0.4, 0.5) is 0 Å². The Morgan fingerprint density at radius 1 is 1.50 bits per heavy atom. The second kappa shape index (κ2) is 6.69. The molecular formula is C18H23N3O2S. The third-order valence-electron chi connectivity index (χ3n) is 5.13. The fourth-order valence-corrected chi connectivity index (χ4v) is 4.85. The van der Waals surface area contributed by atoms with Gasteiger partial charge in [0.2, 0.25) is 5.91 Å². The molecule has 6 heteroatoms. The maximum Gasteiger partial charge on any atom is 0.225 e. The minimum absolute atomic E-state index is 0.0587. The van der Waals surface area contributed by atoms with Gasteiger partial charge in [0, 0.05) is 30.4 Å². The molecule has 2 aliphatic heterocycles. The van der Waals surface area contributed by atoms with E-state index in [-0.39, 0.29) is 12.0 Å². The second-order valence-corrected chi connectivity index (χ2v) is 7.59. The van der Waals surface area contributed by atoms with Crippen molar-refractivity contribution in [3.8, 4) is 0 Å². The van der Waals surface area contributed by atoms with Crippen molar-refractivity contribution in [2.24, 2.45) is 0 Å². The van der Waals surface area contributed by atoms with E-state index in [2.05, 4.69) is 21.0 Å². The number of fused-ring (bicyclic) bond motifs is 1. The van der Waals surface area contributed by atoms with Crippen molar-refractivity contribution in [1.29, 1.82) is 0 Å². The van der Waals surface area contributed by atoms with Crippen molar-refractivity contribution in [1.82, 2.24) is 14.5 Å². The van der Waals surface area contributed by atoms with Crippen molar-refractivity contribution in [2.45, 2.75) is 44.8 Å². The summed E-state index contributed by atoms with van der Waals surface area (Å²) in [5.74, 6) is 1.23. The van der Waals surface area contributed by atoms with Crippen LogP contribution in [-0.2, 0) is 16.0 Å². The van der Waals surface area contributed by atoms with Gasteiger partial charge in [-0.3, -0.25) is 4.79 Å². The smallest absolute Gasteiger partial charge is 0.225 e. The van der Waals surface area contributed by atoms with Crippen LogP contribution in [-0.4, -0.2) is 40.1 Å². The van der Waals surface area contributed by atoms with Crippen molar-refractivity contribution < 1.29 is 9.53 Å². The van der Waals surface area contributed by atoms with Crippen molar-refractivity contribution in [3.05, 3.63) is 40.1 Å². The highest BCUT2D eigenvalue weighted by molar-refractivity contribution is 7.10. The quantitative estimate of drug-likeness (QED) is 0.859. The molecule has 128 valence electrons. The van der Waals surface area contributed by atoms with E-state index < -0.39 is 0 Å². The van der Waals surface area contributed by atoms with Crippen LogP contribution >= 0.6 is 11.3 Å². The Balaban J connectivity index is 1.43. The van der Waals surface area contributed by atoms with Gasteiger partial charge in [-0.25, -0.2) is 4.98 Å². The molecule has 4 heterocycles. The van der Waals surface area contributed by atoms with Crippen LogP contribution in [0.1, 0.15) is 47.7 Å². The van der Waals surface area contributed by atoms with E-state index >= 15 is 0 Å². The van der Waals surface area contributed by atoms with E-state index in [0.717, 1.165) is 44.8 Å². The lowest BCUT2D eigenvalue weighted by Crippen LogP contribution is -2.41. The molecule has 5 nitrogen and oxygen atoms in total. The molecular weight excluding hydrogens is 322 g/mol. The van der Waals surface area contributed by atoms with Crippen LogP contribution < -0.4 is 0 Å². The molecule has 0 aliphatic carbocycles. The number of carbonyl (C=O) groups is 1. The number of piperidine rings is 1. The first-order chi connectivity index (χ1) is 11.7. The number of carbonyl (C=O) groups excluding carboxylic acids is 1. The summed E-state index contributed by atoms with van der Waals surface area (Å²) < 4.78 is 8.09. The lowest BCUT2D eigenvalue weighted by Gasteiger charge is -2.35. The van der Waals surface area contributed by atoms with Gasteiger partial charge in [-0.1, -0.05) is 0 Å². The summed E-state index contributed by atoms with van der Waals surface area (Å²) in [5, 5.41) is 2.11. The molecule has 0 unspecified atom stereocenters. The summed E-state index contributed by atoms with van der Waals surface area (Å²) >= 11 is 1.71. The number of nitrogens with zero attached hydrogens (tertiary/aromatic N) is 3. The van der Waals surface area contributed by atoms with E-state index in [0.29, 0.717) is 12.5 Å². The number of thiophene rings is 1. The predicted octanol–water partition coefficient (Wildman–Crippen LogP) is 3.12. The molecule has 0 bridgehead atoms. The molecule has 1 saturated heterocycles. The van der Waals surface area contributed by atoms with Gasteiger partial charge >= 0.3 is 0 Å². The Bertz CT molecular complexity index is 723. The van der Waals surface area contributed by atoms with E-state index in [1.165, 1.54) is 10.4 Å². The number of aryl methyl sites for hydroxylation is 1. The lowest BCUT2D eigenvalue weighted by atomic mass is 10.0. The predicted molar refractivity (Wildman–Crippen MR) is 93.1 cm³/mol. The molecule has 24 heavy (non-hydrogen) atoms. The van der Waals surface area contributed by atoms with Gasteiger partial charge in [-0.05, 0) is 43.2 Å². The number of likely N-dealkylation sites (tertiary alicyclic amines) is 1. The maximum absolute atomic E-state index is 12.8. The molecule has 2 aromatic heterocycles. The average Bonchev–Trinajstić information content (AvgIpc) is 3.24. The first-order valence-electron chi connectivity index (χ1n) is 8.67. The first kappa shape index (κ1) is 15.8. The van der Waals surface area contributed by atoms with Crippen LogP contribution in [0, 0.1) is 6.92 Å². The lowest BCUT2D eigenvalue weighted by molar-refractivity contribution is -0.136. The molecule has 2 aliphatic rings. The Labute approximate surface area is 146 Å². The zero-order valence-electron chi connectivity index (χ0n) is 14.0. The summed E-state index contributed by atoms with van der Waals surface area (Å²) in [6.07, 6.45) is 7.38. The van der Waals surface area contributed by atoms with Gasteiger partial charge in [0.1, 0.15) is 11.9 Å². The number of imidazole rings is 1. The van der Waals surface area contributed by atoms with Gasteiger partial charge in [-0.2, -0.15) is 0 Å². The molecule has 2 atom stereocenters. The topological polar surface area (TPSA) is 47.4 Å². The SMILES string of the molecule is Cc1nccn1[C@H]1CCCN(C(=O)C[C@H]2OCCc3ccsc32)C1. The molecule has 1 amide bonds. The highest BCUT2D eigenvalue weighted by Crippen LogP contribution is 2.34. The first-order valence-corrected chi connectivity index (χ1v) is 9.55. The minimum atomic E-state index is -0.0587. The number of amides is 1. The van der Waals surface area contributed by atoms with Crippen LogP contribution in [0.2, 0.25) is 0 Å². The summed E-state index contributed by atoms with van der Waals surface area (Å²) in [6, 6.07) is 2.51. The molecule has 2 aromatic rings. The number of hydrogen-bond donors (Lipinski definition) is 0. The Hall–Kier alpha value is -1.66. The number of aromatic nitrogens is 2. The summed E-state index contributed by atoms with van der Waals surface area (Å²) in [4.78, 5) is 20.4. The third-order valence-corrected chi connectivity index (χ3v) is 6.18. The largest absolute Gasteiger partial charge is 0.372 e. The summed E-state index contributed by atoms with van der Waals surface area (Å²) in [5.41, 5.74) is 1.36. The number of hydrogen-bond acceptors (Lipinski definition) is 4. The fraction of sp³-hybridized carbons (Fsp3) is 0.556. The molecule has 0 radical (unpaired) electrons. The average molecular weight is 345 g/mol. The van der Waals surface area contributed by atoms with E-state index in [1.54, 1.807) is 11.3 Å². The highest BCUT2D eigenvalue weighted by atomic mass is 32.1. The van der Waals surface area contributed by atoms with Gasteiger partial charge < -0.3 is 14.2 Å². The Kier molecular flexibility index (Phi) is 4.41. The van der Waals surface area contributed by atoms with Crippen molar-refractivity contribution >= 4 is 17.2 Å². The zero-order valence-corrected chi connectivity index (χ0v) is 14.8. The number of rotatable bonds is 3. The third kappa shape index (κ3) is 3.00. The molecule has 0 aromatic carbocycles. The molecule has 0 saturated carbocycles. The fourth-order valence-electron chi connectivity index (χ4n) is 3.84. The summed E-state index contributed by atoms with van der Waals surface area (Å²) in [7, 11) is 0. The minimum Gasteiger partial charge on any atom is -0.372 e. The van der Waals surface area contributed by atoms with E-state index in [1.807, 2.05) is 24.2 Å². The van der Waals surface area contributed by atoms with E-state index in [9.17, 15) is 4.79 Å². The zero-order chi connectivity index (χ0) is 16.5. The Morgan fingerprint density at radius 3 is 3.25 bits per heavy atom. The highest BCUT2D eigenvalue weighted by Gasteiger charge is 2.30. The van der Waals surface area contributed by atoms with Crippen molar-refractivity contribution in [2.75, 3.05) is 19.7 Å². The molecule has 4 rings (SSSR count). The van der Waals surface area contributed by atoms with Gasteiger partial charge in [0.25, 0.3) is 0 Å². The van der Waals surface area contributed by atoms with Crippen LogP contribution in [0.5, 0.6) is 0 Å². The molecule has 0 spiro atoms. The van der Waals surface area contributed by atoms with Gasteiger partial charge in [0.15, 0.2) is 0 Å². The van der Waals surface area contributed by atoms with Gasteiger partial charge in [-0.15, -0.1) is 11.3 Å². The molecule has 1 fully saturated rings. The van der Waals surface area contributed by atoms with Crippen LogP contribution in [0.15, 0.2) is 23.8 Å². The number of ether oxygens (including phenoxy) is 1.